The summed E-state index contributed by atoms with van der Waals surface area (Å²) in [7, 11) is 0. The normalized spacial score (nSPS) is 10.5. The zero-order valence-corrected chi connectivity index (χ0v) is 12.3. The van der Waals surface area contributed by atoms with Crippen molar-refractivity contribution < 1.29 is 14.0 Å². The van der Waals surface area contributed by atoms with Gasteiger partial charge in [-0.3, -0.25) is 9.59 Å². The van der Waals surface area contributed by atoms with Gasteiger partial charge in [0.05, 0.1) is 0 Å². The Hall–Kier alpha value is -3.21. The summed E-state index contributed by atoms with van der Waals surface area (Å²) in [6.45, 7) is 1.40. The lowest BCUT2D eigenvalue weighted by Crippen LogP contribution is -2.15. The maximum atomic E-state index is 12.5. The first kappa shape index (κ1) is 14.7. The van der Waals surface area contributed by atoms with Crippen molar-refractivity contribution >= 4 is 28.3 Å². The predicted molar refractivity (Wildman–Crippen MR) is 86.7 cm³/mol. The SMILES string of the molecule is CC(=O)Nc1ccc(C(=O)c2cc3ccccc3oc2=O)cc1. The van der Waals surface area contributed by atoms with Crippen molar-refractivity contribution in [2.24, 2.45) is 0 Å². The van der Waals surface area contributed by atoms with Gasteiger partial charge >= 0.3 is 5.63 Å². The van der Waals surface area contributed by atoms with Crippen LogP contribution in [0.2, 0.25) is 0 Å². The van der Waals surface area contributed by atoms with Gasteiger partial charge in [-0.15, -0.1) is 0 Å². The van der Waals surface area contributed by atoms with Crippen LogP contribution in [0.15, 0.2) is 63.8 Å². The zero-order valence-electron chi connectivity index (χ0n) is 12.3. The Labute approximate surface area is 131 Å². The molecular formula is C18H13NO4. The van der Waals surface area contributed by atoms with Gasteiger partial charge in [0.25, 0.3) is 0 Å². The van der Waals surface area contributed by atoms with E-state index in [1.165, 1.54) is 13.0 Å². The highest BCUT2D eigenvalue weighted by atomic mass is 16.4. The number of anilines is 1. The molecule has 0 saturated carbocycles. The Balaban J connectivity index is 1.98. The van der Waals surface area contributed by atoms with Crippen molar-refractivity contribution in [2.75, 3.05) is 5.32 Å². The molecule has 0 bridgehead atoms. The van der Waals surface area contributed by atoms with Crippen LogP contribution >= 0.6 is 0 Å². The Morgan fingerprint density at radius 3 is 2.39 bits per heavy atom. The summed E-state index contributed by atoms with van der Waals surface area (Å²) in [4.78, 5) is 35.5. The minimum Gasteiger partial charge on any atom is -0.422 e. The van der Waals surface area contributed by atoms with Crippen LogP contribution in [0, 0.1) is 0 Å². The van der Waals surface area contributed by atoms with Gasteiger partial charge < -0.3 is 9.73 Å². The van der Waals surface area contributed by atoms with Crippen LogP contribution in [0.25, 0.3) is 11.0 Å². The van der Waals surface area contributed by atoms with E-state index in [-0.39, 0.29) is 11.5 Å². The summed E-state index contributed by atoms with van der Waals surface area (Å²) in [5.41, 5.74) is 0.687. The molecule has 23 heavy (non-hydrogen) atoms. The molecule has 3 aromatic rings. The van der Waals surface area contributed by atoms with E-state index in [9.17, 15) is 14.4 Å². The van der Waals surface area contributed by atoms with Crippen LogP contribution < -0.4 is 10.9 Å². The number of fused-ring (bicyclic) bond motifs is 1. The number of para-hydroxylation sites is 1. The third kappa shape index (κ3) is 3.03. The zero-order chi connectivity index (χ0) is 16.4. The Morgan fingerprint density at radius 2 is 1.70 bits per heavy atom. The summed E-state index contributed by atoms with van der Waals surface area (Å²) in [5, 5.41) is 3.30. The van der Waals surface area contributed by atoms with Gasteiger partial charge in [0, 0.05) is 23.6 Å². The van der Waals surface area contributed by atoms with Gasteiger partial charge in [-0.1, -0.05) is 18.2 Å². The Kier molecular flexibility index (Phi) is 3.76. The largest absolute Gasteiger partial charge is 0.422 e. The summed E-state index contributed by atoms with van der Waals surface area (Å²) in [5.74, 6) is -0.613. The van der Waals surface area contributed by atoms with E-state index < -0.39 is 11.4 Å². The van der Waals surface area contributed by atoms with Crippen LogP contribution in [0.4, 0.5) is 5.69 Å². The number of hydrogen-bond acceptors (Lipinski definition) is 4. The second kappa shape index (κ2) is 5.88. The van der Waals surface area contributed by atoms with Crippen LogP contribution in [-0.2, 0) is 4.79 Å². The lowest BCUT2D eigenvalue weighted by molar-refractivity contribution is -0.114. The highest BCUT2D eigenvalue weighted by Crippen LogP contribution is 2.16. The molecule has 0 atom stereocenters. The molecule has 0 aliphatic carbocycles. The van der Waals surface area contributed by atoms with Gasteiger partial charge in [0.1, 0.15) is 11.1 Å². The maximum absolute atomic E-state index is 12.5. The molecule has 1 N–H and O–H groups in total. The molecule has 0 spiro atoms. The third-order valence-corrected chi connectivity index (χ3v) is 3.35. The molecule has 3 rings (SSSR count). The Morgan fingerprint density at radius 1 is 1.00 bits per heavy atom. The summed E-state index contributed by atoms with van der Waals surface area (Å²) in [6.07, 6.45) is 0. The summed E-state index contributed by atoms with van der Waals surface area (Å²) >= 11 is 0. The van der Waals surface area contributed by atoms with Crippen LogP contribution in [0.3, 0.4) is 0 Å². The van der Waals surface area contributed by atoms with Crippen molar-refractivity contribution in [3.8, 4) is 0 Å². The topological polar surface area (TPSA) is 76.4 Å². The lowest BCUT2D eigenvalue weighted by atomic mass is 10.0. The molecule has 2 aromatic carbocycles. The number of carbonyl (C=O) groups excluding carboxylic acids is 2. The van der Waals surface area contributed by atoms with Crippen molar-refractivity contribution in [1.29, 1.82) is 0 Å². The van der Waals surface area contributed by atoms with Gasteiger partial charge in [-0.05, 0) is 36.4 Å². The number of carbonyl (C=O) groups is 2. The second-order valence-corrected chi connectivity index (χ2v) is 5.07. The van der Waals surface area contributed by atoms with E-state index in [1.807, 2.05) is 0 Å². The number of benzene rings is 2. The van der Waals surface area contributed by atoms with Crippen LogP contribution in [0.1, 0.15) is 22.8 Å². The number of amides is 1. The molecule has 0 saturated heterocycles. The van der Waals surface area contributed by atoms with E-state index in [2.05, 4.69) is 5.32 Å². The first-order valence-electron chi connectivity index (χ1n) is 7.00. The van der Waals surface area contributed by atoms with Crippen LogP contribution in [0.5, 0.6) is 0 Å². The quantitative estimate of drug-likeness (QED) is 0.596. The minimum absolute atomic E-state index is 0.0176. The molecule has 5 heteroatoms. The highest BCUT2D eigenvalue weighted by Gasteiger charge is 2.15. The van der Waals surface area contributed by atoms with E-state index in [0.29, 0.717) is 22.2 Å². The Bertz CT molecular complexity index is 955. The molecule has 1 heterocycles. The molecule has 0 fully saturated rings. The predicted octanol–water partition coefficient (Wildman–Crippen LogP) is 2.98. The van der Waals surface area contributed by atoms with Gasteiger partial charge in [0.15, 0.2) is 5.78 Å². The van der Waals surface area contributed by atoms with Crippen molar-refractivity contribution in [3.63, 3.8) is 0 Å². The number of nitrogens with one attached hydrogen (secondary N) is 1. The minimum atomic E-state index is -0.667. The molecular weight excluding hydrogens is 294 g/mol. The van der Waals surface area contributed by atoms with E-state index >= 15 is 0 Å². The molecule has 0 aliphatic rings. The average Bonchev–Trinajstić information content (AvgIpc) is 2.54. The van der Waals surface area contributed by atoms with Crippen molar-refractivity contribution in [1.82, 2.24) is 0 Å². The first-order chi connectivity index (χ1) is 11.0. The smallest absolute Gasteiger partial charge is 0.347 e. The molecule has 0 unspecified atom stereocenters. The molecule has 114 valence electrons. The number of ketones is 1. The fraction of sp³-hybridized carbons (Fsp3) is 0.0556. The second-order valence-electron chi connectivity index (χ2n) is 5.07. The maximum Gasteiger partial charge on any atom is 0.347 e. The standard InChI is InChI=1S/C18H13NO4/c1-11(20)19-14-8-6-12(7-9-14)17(21)15-10-13-4-2-3-5-16(13)23-18(15)22/h2-10H,1H3,(H,19,20). The highest BCUT2D eigenvalue weighted by molar-refractivity contribution is 6.10. The van der Waals surface area contributed by atoms with Gasteiger partial charge in [-0.25, -0.2) is 4.79 Å². The van der Waals surface area contributed by atoms with E-state index in [4.69, 9.17) is 4.42 Å². The average molecular weight is 307 g/mol. The van der Waals surface area contributed by atoms with Crippen LogP contribution in [-0.4, -0.2) is 11.7 Å². The van der Waals surface area contributed by atoms with E-state index in [1.54, 1.807) is 48.5 Å². The fourth-order valence-corrected chi connectivity index (χ4v) is 2.28. The third-order valence-electron chi connectivity index (χ3n) is 3.35. The van der Waals surface area contributed by atoms with Crippen molar-refractivity contribution in [2.45, 2.75) is 6.92 Å². The first-order valence-corrected chi connectivity index (χ1v) is 7.00. The number of rotatable bonds is 3. The van der Waals surface area contributed by atoms with Crippen molar-refractivity contribution in [3.05, 3.63) is 76.1 Å². The number of hydrogen-bond donors (Lipinski definition) is 1. The van der Waals surface area contributed by atoms with E-state index in [0.717, 1.165) is 0 Å². The molecule has 1 aromatic heterocycles. The molecule has 5 nitrogen and oxygen atoms in total. The van der Waals surface area contributed by atoms with Gasteiger partial charge in [-0.2, -0.15) is 0 Å². The molecule has 0 aliphatic heterocycles. The summed E-state index contributed by atoms with van der Waals surface area (Å²) < 4.78 is 5.18. The monoisotopic (exact) mass is 307 g/mol. The molecule has 1 amide bonds. The molecule has 0 radical (unpaired) electrons. The lowest BCUT2D eigenvalue weighted by Gasteiger charge is -2.04. The fourth-order valence-electron chi connectivity index (χ4n) is 2.28. The van der Waals surface area contributed by atoms with Gasteiger partial charge in [0.2, 0.25) is 5.91 Å². The summed E-state index contributed by atoms with van der Waals surface area (Å²) in [6, 6.07) is 14.9.